The summed E-state index contributed by atoms with van der Waals surface area (Å²) in [5.41, 5.74) is 10.9. The number of rotatable bonds is 4. The fourth-order valence-electron chi connectivity index (χ4n) is 7.45. The molecule has 8 rings (SSSR count). The molecule has 1 aliphatic rings. The number of hydrogen-bond acceptors (Lipinski definition) is 0. The van der Waals surface area contributed by atoms with Crippen LogP contribution in [0.25, 0.3) is 66.2 Å². The first-order valence-corrected chi connectivity index (χ1v) is 15.0. The molecule has 2 aromatic heterocycles. The zero-order chi connectivity index (χ0) is 28.4. The van der Waals surface area contributed by atoms with Crippen LogP contribution in [0.5, 0.6) is 0 Å². The molecule has 0 saturated heterocycles. The van der Waals surface area contributed by atoms with E-state index in [1.54, 1.807) is 0 Å². The Hall–Kier alpha value is -4.95. The Kier molecular flexibility index (Phi) is 5.49. The zero-order valence-electron chi connectivity index (χ0n) is 24.1. The van der Waals surface area contributed by atoms with Crippen molar-refractivity contribution in [3.8, 4) is 28.1 Å². The molecule has 7 aromatic rings. The van der Waals surface area contributed by atoms with E-state index in [1.807, 2.05) is 0 Å². The van der Waals surface area contributed by atoms with Gasteiger partial charge < -0.3 is 4.57 Å². The molecule has 1 aliphatic heterocycles. The molecule has 0 aliphatic carbocycles. The fourth-order valence-corrected chi connectivity index (χ4v) is 7.45. The third kappa shape index (κ3) is 3.36. The third-order valence-electron chi connectivity index (χ3n) is 9.68. The van der Waals surface area contributed by atoms with Crippen molar-refractivity contribution in [3.63, 3.8) is 0 Å². The van der Waals surface area contributed by atoms with Gasteiger partial charge in [0.15, 0.2) is 11.7 Å². The summed E-state index contributed by atoms with van der Waals surface area (Å²) in [6.45, 7) is 9.33. The molecule has 0 atom stereocenters. The Labute approximate surface area is 246 Å². The molecule has 0 spiro atoms. The van der Waals surface area contributed by atoms with Gasteiger partial charge in [-0.25, -0.2) is 0 Å². The lowest BCUT2D eigenvalue weighted by molar-refractivity contribution is -0.740. The van der Waals surface area contributed by atoms with Gasteiger partial charge in [0.1, 0.15) is 0 Å². The summed E-state index contributed by atoms with van der Waals surface area (Å²) in [7, 11) is 0. The first-order valence-electron chi connectivity index (χ1n) is 15.0. The maximum absolute atomic E-state index is 4.74. The van der Waals surface area contributed by atoms with Crippen LogP contribution < -0.4 is 4.57 Å². The standard InChI is InChI=1S/C40H33N2/c1-4-40(5-2)27(3)32-22-20-31(26-36(32)39-33-16-10-9-15-29(33)23-24-41(39)40)42-37-18-12-11-17-34(37)35-21-19-30(25-38(35)42)28-13-7-6-8-14-28/h6-26H,3-5H2,1-2H3/q+1. The lowest BCUT2D eigenvalue weighted by Crippen LogP contribution is -2.59. The molecule has 2 nitrogen and oxygen atoms in total. The van der Waals surface area contributed by atoms with Crippen molar-refractivity contribution in [1.29, 1.82) is 0 Å². The van der Waals surface area contributed by atoms with Gasteiger partial charge in [0.25, 0.3) is 0 Å². The summed E-state index contributed by atoms with van der Waals surface area (Å²) < 4.78 is 4.96. The molecule has 0 unspecified atom stereocenters. The second-order valence-corrected chi connectivity index (χ2v) is 11.5. The number of pyridine rings is 1. The molecule has 2 heteroatoms. The first-order chi connectivity index (χ1) is 20.6. The van der Waals surface area contributed by atoms with E-state index in [1.165, 1.54) is 66.1 Å². The second-order valence-electron chi connectivity index (χ2n) is 11.5. The number of hydrogen-bond donors (Lipinski definition) is 0. The largest absolute Gasteiger partial charge is 0.309 e. The summed E-state index contributed by atoms with van der Waals surface area (Å²) in [6, 6.07) is 44.4. The predicted octanol–water partition coefficient (Wildman–Crippen LogP) is 10.1. The normalized spacial score (nSPS) is 13.9. The van der Waals surface area contributed by atoms with E-state index >= 15 is 0 Å². The number of fused-ring (bicyclic) bond motifs is 8. The van der Waals surface area contributed by atoms with Crippen LogP contribution in [0.1, 0.15) is 32.3 Å². The number of benzene rings is 5. The highest BCUT2D eigenvalue weighted by Crippen LogP contribution is 2.46. The Balaban J connectivity index is 1.45. The number of nitrogens with zero attached hydrogens (tertiary/aromatic N) is 2. The van der Waals surface area contributed by atoms with Crippen molar-refractivity contribution < 1.29 is 4.57 Å². The van der Waals surface area contributed by atoms with Crippen LogP contribution in [-0.2, 0) is 5.54 Å². The number of para-hydroxylation sites is 1. The van der Waals surface area contributed by atoms with Gasteiger partial charge in [-0.1, -0.05) is 105 Å². The van der Waals surface area contributed by atoms with E-state index in [0.717, 1.165) is 18.5 Å². The van der Waals surface area contributed by atoms with Crippen molar-refractivity contribution in [2.75, 3.05) is 0 Å². The van der Waals surface area contributed by atoms with Crippen LogP contribution in [-0.4, -0.2) is 4.57 Å². The van der Waals surface area contributed by atoms with E-state index in [-0.39, 0.29) is 5.54 Å². The van der Waals surface area contributed by atoms with Crippen LogP contribution in [0.3, 0.4) is 0 Å². The summed E-state index contributed by atoms with van der Waals surface area (Å²) in [5.74, 6) is 0. The molecule has 5 aromatic carbocycles. The maximum Gasteiger partial charge on any atom is 0.221 e. The van der Waals surface area contributed by atoms with Crippen molar-refractivity contribution in [2.45, 2.75) is 32.2 Å². The van der Waals surface area contributed by atoms with Crippen LogP contribution in [0.15, 0.2) is 134 Å². The molecular weight excluding hydrogens is 508 g/mol. The quantitative estimate of drug-likeness (QED) is 0.196. The molecule has 202 valence electrons. The summed E-state index contributed by atoms with van der Waals surface area (Å²) in [6.07, 6.45) is 4.28. The van der Waals surface area contributed by atoms with Gasteiger partial charge in [0.2, 0.25) is 5.69 Å². The average molecular weight is 542 g/mol. The van der Waals surface area contributed by atoms with Gasteiger partial charge in [-0.05, 0) is 52.4 Å². The lowest BCUT2D eigenvalue weighted by Gasteiger charge is -2.35. The molecule has 0 fully saturated rings. The fraction of sp³-hybridized carbons (Fsp3) is 0.125. The molecular formula is C40H33N2+. The first kappa shape index (κ1) is 24.8. The Bertz CT molecular complexity index is 2180. The molecule has 3 heterocycles. The van der Waals surface area contributed by atoms with E-state index in [0.29, 0.717) is 0 Å². The van der Waals surface area contributed by atoms with Crippen LogP contribution in [0, 0.1) is 0 Å². The minimum atomic E-state index is -0.148. The molecule has 0 bridgehead atoms. The van der Waals surface area contributed by atoms with Gasteiger partial charge in [-0.3, -0.25) is 0 Å². The molecule has 0 saturated carbocycles. The molecule has 0 radical (unpaired) electrons. The topological polar surface area (TPSA) is 8.81 Å². The van der Waals surface area contributed by atoms with Crippen molar-refractivity contribution in [1.82, 2.24) is 4.57 Å². The third-order valence-corrected chi connectivity index (χ3v) is 9.68. The van der Waals surface area contributed by atoms with Crippen LogP contribution >= 0.6 is 0 Å². The van der Waals surface area contributed by atoms with Gasteiger partial charge >= 0.3 is 0 Å². The Morgan fingerprint density at radius 3 is 2.14 bits per heavy atom. The van der Waals surface area contributed by atoms with Gasteiger partial charge in [0.05, 0.1) is 22.0 Å². The van der Waals surface area contributed by atoms with E-state index in [9.17, 15) is 0 Å². The zero-order valence-corrected chi connectivity index (χ0v) is 24.1. The lowest BCUT2D eigenvalue weighted by atomic mass is 9.75. The van der Waals surface area contributed by atoms with Crippen LogP contribution in [0.2, 0.25) is 0 Å². The smallest absolute Gasteiger partial charge is 0.221 e. The summed E-state index contributed by atoms with van der Waals surface area (Å²) in [5, 5.41) is 5.08. The highest BCUT2D eigenvalue weighted by atomic mass is 15.1. The molecule has 42 heavy (non-hydrogen) atoms. The van der Waals surface area contributed by atoms with Gasteiger partial charge in [-0.2, -0.15) is 4.57 Å². The van der Waals surface area contributed by atoms with Crippen molar-refractivity contribution >= 4 is 38.2 Å². The van der Waals surface area contributed by atoms with Crippen LogP contribution in [0.4, 0.5) is 0 Å². The minimum absolute atomic E-state index is 0.148. The van der Waals surface area contributed by atoms with E-state index in [4.69, 9.17) is 6.58 Å². The number of allylic oxidation sites excluding steroid dienone is 1. The van der Waals surface area contributed by atoms with Gasteiger partial charge in [0, 0.05) is 40.9 Å². The summed E-state index contributed by atoms with van der Waals surface area (Å²) >= 11 is 0. The maximum atomic E-state index is 4.74. The SMILES string of the molecule is C=C1c2ccc(-n3c4ccccc4c4ccc(-c5ccccc5)cc43)cc2-c2c3ccccc3cc[n+]2C1(CC)CC. The van der Waals surface area contributed by atoms with Gasteiger partial charge in [-0.15, -0.1) is 0 Å². The molecule has 0 amide bonds. The highest BCUT2D eigenvalue weighted by molar-refractivity contribution is 6.10. The average Bonchev–Trinajstić information content (AvgIpc) is 3.39. The predicted molar refractivity (Wildman–Crippen MR) is 177 cm³/mol. The summed E-state index contributed by atoms with van der Waals surface area (Å²) in [4.78, 5) is 0. The molecule has 0 N–H and O–H groups in total. The van der Waals surface area contributed by atoms with E-state index < -0.39 is 0 Å². The van der Waals surface area contributed by atoms with E-state index in [2.05, 4.69) is 151 Å². The van der Waals surface area contributed by atoms with Crippen molar-refractivity contribution in [3.05, 3.63) is 140 Å². The highest BCUT2D eigenvalue weighted by Gasteiger charge is 2.47. The Morgan fingerprint density at radius 1 is 0.619 bits per heavy atom. The second kappa shape index (κ2) is 9.29. The minimum Gasteiger partial charge on any atom is -0.309 e. The van der Waals surface area contributed by atoms with Crippen molar-refractivity contribution in [2.24, 2.45) is 0 Å². The monoisotopic (exact) mass is 541 g/mol. The number of aromatic nitrogens is 2. The Morgan fingerprint density at radius 2 is 1.33 bits per heavy atom.